The third-order valence-corrected chi connectivity index (χ3v) is 3.13. The van der Waals surface area contributed by atoms with Crippen molar-refractivity contribution in [2.45, 2.75) is 18.9 Å². The summed E-state index contributed by atoms with van der Waals surface area (Å²) in [4.78, 5) is 13.5. The fourth-order valence-corrected chi connectivity index (χ4v) is 2.33. The van der Waals surface area contributed by atoms with Crippen molar-refractivity contribution in [1.82, 2.24) is 0 Å². The molecule has 0 aromatic heterocycles. The molecule has 0 saturated carbocycles. The SMILES string of the molecule is NCC1CCCN1c1ccccc1C(N)=O. The van der Waals surface area contributed by atoms with E-state index in [0.717, 1.165) is 25.1 Å². The van der Waals surface area contributed by atoms with Gasteiger partial charge < -0.3 is 16.4 Å². The molecule has 1 atom stereocenters. The third kappa shape index (κ3) is 1.88. The van der Waals surface area contributed by atoms with E-state index < -0.39 is 0 Å². The first-order valence-corrected chi connectivity index (χ1v) is 5.59. The highest BCUT2D eigenvalue weighted by molar-refractivity contribution is 5.98. The lowest BCUT2D eigenvalue weighted by Gasteiger charge is -2.27. The van der Waals surface area contributed by atoms with E-state index >= 15 is 0 Å². The molecule has 1 aromatic carbocycles. The van der Waals surface area contributed by atoms with Gasteiger partial charge >= 0.3 is 0 Å². The number of nitrogens with two attached hydrogens (primary N) is 2. The second kappa shape index (κ2) is 4.53. The van der Waals surface area contributed by atoms with E-state index in [9.17, 15) is 4.79 Å². The molecular formula is C12H17N3O. The molecule has 4 nitrogen and oxygen atoms in total. The molecule has 1 unspecified atom stereocenters. The van der Waals surface area contributed by atoms with Crippen LogP contribution in [0.1, 0.15) is 23.2 Å². The van der Waals surface area contributed by atoms with Gasteiger partial charge in [0.05, 0.1) is 5.56 Å². The number of nitrogens with zero attached hydrogens (tertiary/aromatic N) is 1. The third-order valence-electron chi connectivity index (χ3n) is 3.13. The summed E-state index contributed by atoms with van der Waals surface area (Å²) in [5.41, 5.74) is 12.6. The second-order valence-corrected chi connectivity index (χ2v) is 4.11. The lowest BCUT2D eigenvalue weighted by molar-refractivity contribution is 0.100. The van der Waals surface area contributed by atoms with Crippen molar-refractivity contribution in [3.63, 3.8) is 0 Å². The number of amides is 1. The van der Waals surface area contributed by atoms with Gasteiger partial charge in [0.15, 0.2) is 0 Å². The Morgan fingerprint density at radius 3 is 2.88 bits per heavy atom. The Morgan fingerprint density at radius 1 is 1.44 bits per heavy atom. The van der Waals surface area contributed by atoms with E-state index in [4.69, 9.17) is 11.5 Å². The maximum atomic E-state index is 11.3. The number of hydrogen-bond donors (Lipinski definition) is 2. The van der Waals surface area contributed by atoms with Crippen LogP contribution in [0.3, 0.4) is 0 Å². The van der Waals surface area contributed by atoms with E-state index in [1.807, 2.05) is 18.2 Å². The topological polar surface area (TPSA) is 72.3 Å². The van der Waals surface area contributed by atoms with Crippen molar-refractivity contribution in [3.8, 4) is 0 Å². The molecule has 4 N–H and O–H groups in total. The molecule has 0 bridgehead atoms. The standard InChI is InChI=1S/C12H17N3O/c13-8-9-4-3-7-15(9)11-6-2-1-5-10(11)12(14)16/h1-2,5-6,9H,3-4,7-8,13H2,(H2,14,16). The maximum Gasteiger partial charge on any atom is 0.250 e. The number of primary amides is 1. The van der Waals surface area contributed by atoms with Gasteiger partial charge in [-0.25, -0.2) is 0 Å². The molecule has 1 aliphatic rings. The lowest BCUT2D eigenvalue weighted by atomic mass is 10.1. The van der Waals surface area contributed by atoms with E-state index in [2.05, 4.69) is 4.90 Å². The number of hydrogen-bond acceptors (Lipinski definition) is 3. The van der Waals surface area contributed by atoms with Crippen LogP contribution >= 0.6 is 0 Å². The highest BCUT2D eigenvalue weighted by atomic mass is 16.1. The molecular weight excluding hydrogens is 202 g/mol. The highest BCUT2D eigenvalue weighted by Gasteiger charge is 2.25. The Morgan fingerprint density at radius 2 is 2.19 bits per heavy atom. The molecule has 1 fully saturated rings. The predicted molar refractivity (Wildman–Crippen MR) is 64.4 cm³/mol. The van der Waals surface area contributed by atoms with E-state index in [-0.39, 0.29) is 5.91 Å². The molecule has 2 rings (SSSR count). The molecule has 16 heavy (non-hydrogen) atoms. The van der Waals surface area contributed by atoms with Crippen molar-refractivity contribution in [2.24, 2.45) is 11.5 Å². The smallest absolute Gasteiger partial charge is 0.250 e. The Labute approximate surface area is 95.2 Å². The predicted octanol–water partition coefficient (Wildman–Crippen LogP) is 0.713. The van der Waals surface area contributed by atoms with Crippen molar-refractivity contribution < 1.29 is 4.79 Å². The maximum absolute atomic E-state index is 11.3. The van der Waals surface area contributed by atoms with Gasteiger partial charge in [0.2, 0.25) is 0 Å². The average Bonchev–Trinajstić information content (AvgIpc) is 2.76. The van der Waals surface area contributed by atoms with Crippen LogP contribution in [0.2, 0.25) is 0 Å². The van der Waals surface area contributed by atoms with Crippen LogP contribution in [0.5, 0.6) is 0 Å². The number of para-hydroxylation sites is 1. The molecule has 1 amide bonds. The molecule has 4 heteroatoms. The van der Waals surface area contributed by atoms with Gasteiger partial charge in [-0.1, -0.05) is 12.1 Å². The van der Waals surface area contributed by atoms with Gasteiger partial charge in [0.1, 0.15) is 0 Å². The number of benzene rings is 1. The minimum absolute atomic E-state index is 0.334. The van der Waals surface area contributed by atoms with E-state index in [0.29, 0.717) is 18.2 Å². The number of anilines is 1. The summed E-state index contributed by atoms with van der Waals surface area (Å²) in [5.74, 6) is -0.377. The monoisotopic (exact) mass is 219 g/mol. The van der Waals surface area contributed by atoms with Crippen LogP contribution < -0.4 is 16.4 Å². The molecule has 1 saturated heterocycles. The lowest BCUT2D eigenvalue weighted by Crippen LogP contribution is -2.36. The Balaban J connectivity index is 2.35. The zero-order chi connectivity index (χ0) is 11.5. The second-order valence-electron chi connectivity index (χ2n) is 4.11. The molecule has 0 spiro atoms. The molecule has 86 valence electrons. The van der Waals surface area contributed by atoms with Gasteiger partial charge in [-0.15, -0.1) is 0 Å². The van der Waals surface area contributed by atoms with Crippen molar-refractivity contribution in [1.29, 1.82) is 0 Å². The first-order valence-electron chi connectivity index (χ1n) is 5.59. The van der Waals surface area contributed by atoms with Gasteiger partial charge in [-0.3, -0.25) is 4.79 Å². The Hall–Kier alpha value is -1.55. The van der Waals surface area contributed by atoms with Gasteiger partial charge in [0, 0.05) is 24.8 Å². The van der Waals surface area contributed by atoms with Crippen molar-refractivity contribution in [2.75, 3.05) is 18.0 Å². The van der Waals surface area contributed by atoms with E-state index in [1.165, 1.54) is 0 Å². The summed E-state index contributed by atoms with van der Waals surface area (Å²) >= 11 is 0. The zero-order valence-electron chi connectivity index (χ0n) is 9.23. The van der Waals surface area contributed by atoms with Crippen LogP contribution in [-0.2, 0) is 0 Å². The molecule has 0 radical (unpaired) electrons. The van der Waals surface area contributed by atoms with Crippen LogP contribution in [0.4, 0.5) is 5.69 Å². The van der Waals surface area contributed by atoms with Crippen molar-refractivity contribution >= 4 is 11.6 Å². The van der Waals surface area contributed by atoms with Gasteiger partial charge in [0.25, 0.3) is 5.91 Å². The summed E-state index contributed by atoms with van der Waals surface area (Å²) in [6.45, 7) is 1.57. The number of carbonyl (C=O) groups is 1. The Kier molecular flexibility index (Phi) is 3.10. The summed E-state index contributed by atoms with van der Waals surface area (Å²) in [6.07, 6.45) is 2.21. The minimum Gasteiger partial charge on any atom is -0.367 e. The normalized spacial score (nSPS) is 20.1. The summed E-state index contributed by atoms with van der Waals surface area (Å²) in [7, 11) is 0. The van der Waals surface area contributed by atoms with Crippen LogP contribution in [0, 0.1) is 0 Å². The largest absolute Gasteiger partial charge is 0.367 e. The van der Waals surface area contributed by atoms with Gasteiger partial charge in [-0.05, 0) is 25.0 Å². The van der Waals surface area contributed by atoms with Crippen molar-refractivity contribution in [3.05, 3.63) is 29.8 Å². The number of carbonyl (C=O) groups excluding carboxylic acids is 1. The molecule has 1 aliphatic heterocycles. The quantitative estimate of drug-likeness (QED) is 0.786. The average molecular weight is 219 g/mol. The fraction of sp³-hybridized carbons (Fsp3) is 0.417. The van der Waals surface area contributed by atoms with Crippen LogP contribution in [0.25, 0.3) is 0 Å². The molecule has 1 heterocycles. The first-order chi connectivity index (χ1) is 7.74. The zero-order valence-corrected chi connectivity index (χ0v) is 9.23. The number of rotatable bonds is 3. The molecule has 0 aliphatic carbocycles. The van der Waals surface area contributed by atoms with Crippen LogP contribution in [0.15, 0.2) is 24.3 Å². The Bertz CT molecular complexity index is 392. The molecule has 1 aromatic rings. The van der Waals surface area contributed by atoms with Gasteiger partial charge in [-0.2, -0.15) is 0 Å². The summed E-state index contributed by atoms with van der Waals surface area (Å²) in [5, 5.41) is 0. The summed E-state index contributed by atoms with van der Waals surface area (Å²) < 4.78 is 0. The first kappa shape index (κ1) is 11.0. The van der Waals surface area contributed by atoms with Crippen LogP contribution in [-0.4, -0.2) is 25.0 Å². The fourth-order valence-electron chi connectivity index (χ4n) is 2.33. The highest BCUT2D eigenvalue weighted by Crippen LogP contribution is 2.27. The minimum atomic E-state index is -0.377. The summed E-state index contributed by atoms with van der Waals surface area (Å²) in [6, 6.07) is 7.79. The van der Waals surface area contributed by atoms with E-state index in [1.54, 1.807) is 6.07 Å².